The normalized spacial score (nSPS) is 10.6. The Kier molecular flexibility index (Phi) is 7.60. The minimum Gasteiger partial charge on any atom is -0.385 e. The van der Waals surface area contributed by atoms with Crippen LogP contribution in [0.2, 0.25) is 0 Å². The fraction of sp³-hybridized carbons (Fsp3) is 0.381. The van der Waals surface area contributed by atoms with Gasteiger partial charge in [-0.15, -0.1) is 0 Å². The molecular weight excluding hydrogens is 331 g/mol. The second kappa shape index (κ2) is 9.92. The summed E-state index contributed by atoms with van der Waals surface area (Å²) in [6, 6.07) is 12.6. The minimum atomic E-state index is -0.295. The van der Waals surface area contributed by atoms with Crippen LogP contribution in [0.25, 0.3) is 0 Å². The number of urea groups is 1. The van der Waals surface area contributed by atoms with Gasteiger partial charge in [-0.05, 0) is 49.1 Å². The smallest absolute Gasteiger partial charge is 0.317 e. The van der Waals surface area contributed by atoms with Crippen molar-refractivity contribution in [1.82, 2.24) is 10.2 Å². The second-order valence-electron chi connectivity index (χ2n) is 6.48. The average molecular weight is 358 g/mol. The molecule has 0 aliphatic carbocycles. The average Bonchev–Trinajstić information content (AvgIpc) is 2.63. The first-order valence-corrected chi connectivity index (χ1v) is 8.82. The maximum absolute atomic E-state index is 13.4. The van der Waals surface area contributed by atoms with Gasteiger partial charge in [0, 0.05) is 33.4 Å². The number of nitrogens with zero attached hydrogens (tertiary/aromatic N) is 1. The summed E-state index contributed by atoms with van der Waals surface area (Å²) in [7, 11) is 1.65. The summed E-state index contributed by atoms with van der Waals surface area (Å²) in [5.74, 6) is -0.295. The predicted octanol–water partition coefficient (Wildman–Crippen LogP) is 4.19. The molecule has 0 atom stereocenters. The zero-order chi connectivity index (χ0) is 18.9. The van der Waals surface area contributed by atoms with Crippen LogP contribution < -0.4 is 5.32 Å². The Morgan fingerprint density at radius 3 is 2.58 bits per heavy atom. The Bertz CT molecular complexity index is 716. The SMILES string of the molecule is COCCCN(Cc1ccc(C)cc1)C(=O)NCc1cc(F)ccc1C. The lowest BCUT2D eigenvalue weighted by Gasteiger charge is -2.23. The predicted molar refractivity (Wildman–Crippen MR) is 101 cm³/mol. The quantitative estimate of drug-likeness (QED) is 0.719. The summed E-state index contributed by atoms with van der Waals surface area (Å²) in [6.07, 6.45) is 0.759. The molecule has 0 saturated carbocycles. The van der Waals surface area contributed by atoms with E-state index in [0.29, 0.717) is 26.2 Å². The molecule has 0 bridgehead atoms. The molecule has 4 nitrogen and oxygen atoms in total. The highest BCUT2D eigenvalue weighted by Gasteiger charge is 2.14. The van der Waals surface area contributed by atoms with Crippen LogP contribution in [0.3, 0.4) is 0 Å². The maximum atomic E-state index is 13.4. The van der Waals surface area contributed by atoms with E-state index in [2.05, 4.69) is 5.32 Å². The highest BCUT2D eigenvalue weighted by Crippen LogP contribution is 2.11. The van der Waals surface area contributed by atoms with E-state index in [1.54, 1.807) is 18.1 Å². The molecule has 0 aliphatic heterocycles. The van der Waals surface area contributed by atoms with Gasteiger partial charge in [-0.25, -0.2) is 9.18 Å². The number of benzene rings is 2. The summed E-state index contributed by atoms with van der Waals surface area (Å²) in [5, 5.41) is 2.91. The van der Waals surface area contributed by atoms with Crippen LogP contribution in [0.1, 0.15) is 28.7 Å². The maximum Gasteiger partial charge on any atom is 0.317 e. The number of hydrogen-bond acceptors (Lipinski definition) is 2. The molecule has 0 fully saturated rings. The number of amides is 2. The van der Waals surface area contributed by atoms with Crippen molar-refractivity contribution in [1.29, 1.82) is 0 Å². The van der Waals surface area contributed by atoms with Crippen LogP contribution in [0.5, 0.6) is 0 Å². The third-order valence-electron chi connectivity index (χ3n) is 4.30. The Balaban J connectivity index is 2.01. The van der Waals surface area contributed by atoms with Gasteiger partial charge in [0.15, 0.2) is 0 Å². The van der Waals surface area contributed by atoms with Crippen LogP contribution in [0, 0.1) is 19.7 Å². The van der Waals surface area contributed by atoms with E-state index in [-0.39, 0.29) is 11.8 Å². The van der Waals surface area contributed by atoms with Gasteiger partial charge in [0.1, 0.15) is 5.82 Å². The highest BCUT2D eigenvalue weighted by molar-refractivity contribution is 5.74. The molecular formula is C21H27FN2O2. The summed E-state index contributed by atoms with van der Waals surface area (Å²) < 4.78 is 18.5. The number of carbonyl (C=O) groups excluding carboxylic acids is 1. The molecule has 2 amide bonds. The van der Waals surface area contributed by atoms with Gasteiger partial charge in [-0.1, -0.05) is 35.9 Å². The molecule has 140 valence electrons. The van der Waals surface area contributed by atoms with Crippen molar-refractivity contribution in [3.05, 3.63) is 70.5 Å². The molecule has 0 saturated heterocycles. The van der Waals surface area contributed by atoms with Gasteiger partial charge < -0.3 is 15.0 Å². The largest absolute Gasteiger partial charge is 0.385 e. The number of rotatable bonds is 8. The molecule has 5 heteroatoms. The number of carbonyl (C=O) groups is 1. The van der Waals surface area contributed by atoms with Gasteiger partial charge in [-0.3, -0.25) is 0 Å². The molecule has 26 heavy (non-hydrogen) atoms. The third-order valence-corrected chi connectivity index (χ3v) is 4.30. The van der Waals surface area contributed by atoms with E-state index in [1.807, 2.05) is 38.1 Å². The van der Waals surface area contributed by atoms with Gasteiger partial charge in [-0.2, -0.15) is 0 Å². The summed E-state index contributed by atoms with van der Waals surface area (Å²) in [6.45, 7) is 5.96. The fourth-order valence-corrected chi connectivity index (χ4v) is 2.68. The molecule has 2 aromatic carbocycles. The third kappa shape index (κ3) is 6.15. The van der Waals surface area contributed by atoms with E-state index in [0.717, 1.165) is 23.1 Å². The lowest BCUT2D eigenvalue weighted by molar-refractivity contribution is 0.165. The molecule has 0 spiro atoms. The van der Waals surface area contributed by atoms with E-state index in [9.17, 15) is 9.18 Å². The van der Waals surface area contributed by atoms with Crippen LogP contribution in [0.4, 0.5) is 9.18 Å². The molecule has 0 aliphatic rings. The minimum absolute atomic E-state index is 0.162. The number of hydrogen-bond donors (Lipinski definition) is 1. The summed E-state index contributed by atoms with van der Waals surface area (Å²) >= 11 is 0. The summed E-state index contributed by atoms with van der Waals surface area (Å²) in [5.41, 5.74) is 4.00. The Labute approximate surface area is 155 Å². The van der Waals surface area contributed by atoms with Crippen LogP contribution in [0.15, 0.2) is 42.5 Å². The Morgan fingerprint density at radius 2 is 1.88 bits per heavy atom. The lowest BCUT2D eigenvalue weighted by Crippen LogP contribution is -2.40. The van der Waals surface area contributed by atoms with Crippen molar-refractivity contribution in [3.63, 3.8) is 0 Å². The number of methoxy groups -OCH3 is 1. The number of halogens is 1. The van der Waals surface area contributed by atoms with E-state index in [1.165, 1.54) is 17.7 Å². The van der Waals surface area contributed by atoms with Crippen molar-refractivity contribution >= 4 is 6.03 Å². The standard InChI is InChI=1S/C21H27FN2O2/c1-16-5-8-18(9-6-16)15-24(11-4-12-26-3)21(25)23-14-19-13-20(22)10-7-17(19)2/h5-10,13H,4,11-12,14-15H2,1-3H3,(H,23,25). The molecule has 2 aromatic rings. The van der Waals surface area contributed by atoms with Crippen molar-refractivity contribution in [2.75, 3.05) is 20.3 Å². The zero-order valence-electron chi connectivity index (χ0n) is 15.7. The van der Waals surface area contributed by atoms with E-state index < -0.39 is 0 Å². The van der Waals surface area contributed by atoms with E-state index >= 15 is 0 Å². The van der Waals surface area contributed by atoms with Gasteiger partial charge in [0.2, 0.25) is 0 Å². The van der Waals surface area contributed by atoms with Gasteiger partial charge in [0.05, 0.1) is 0 Å². The number of nitrogens with one attached hydrogen (secondary N) is 1. The molecule has 0 heterocycles. The monoisotopic (exact) mass is 358 g/mol. The fourth-order valence-electron chi connectivity index (χ4n) is 2.68. The number of ether oxygens (including phenoxy) is 1. The summed E-state index contributed by atoms with van der Waals surface area (Å²) in [4.78, 5) is 14.4. The Hall–Kier alpha value is -2.40. The van der Waals surface area contributed by atoms with Crippen LogP contribution in [-0.4, -0.2) is 31.2 Å². The second-order valence-corrected chi connectivity index (χ2v) is 6.48. The van der Waals surface area contributed by atoms with Crippen molar-refractivity contribution < 1.29 is 13.9 Å². The molecule has 1 N–H and O–H groups in total. The van der Waals surface area contributed by atoms with Crippen molar-refractivity contribution in [3.8, 4) is 0 Å². The lowest BCUT2D eigenvalue weighted by atomic mass is 10.1. The molecule has 0 aromatic heterocycles. The highest BCUT2D eigenvalue weighted by atomic mass is 19.1. The molecule has 0 radical (unpaired) electrons. The Morgan fingerprint density at radius 1 is 1.15 bits per heavy atom. The first-order valence-electron chi connectivity index (χ1n) is 8.82. The molecule has 0 unspecified atom stereocenters. The number of aryl methyl sites for hydroxylation is 2. The topological polar surface area (TPSA) is 41.6 Å². The zero-order valence-corrected chi connectivity index (χ0v) is 15.7. The van der Waals surface area contributed by atoms with Crippen molar-refractivity contribution in [2.24, 2.45) is 0 Å². The van der Waals surface area contributed by atoms with Crippen LogP contribution >= 0.6 is 0 Å². The van der Waals surface area contributed by atoms with E-state index in [4.69, 9.17) is 4.74 Å². The molecule has 2 rings (SSSR count). The van der Waals surface area contributed by atoms with Gasteiger partial charge >= 0.3 is 6.03 Å². The first kappa shape index (κ1) is 19.9. The van der Waals surface area contributed by atoms with Crippen LogP contribution in [-0.2, 0) is 17.8 Å². The van der Waals surface area contributed by atoms with Crippen molar-refractivity contribution in [2.45, 2.75) is 33.4 Å². The van der Waals surface area contributed by atoms with Gasteiger partial charge in [0.25, 0.3) is 0 Å². The first-order chi connectivity index (χ1) is 12.5.